The molecule has 0 bridgehead atoms. The maximum Gasteiger partial charge on any atom is 0.123 e. The summed E-state index contributed by atoms with van der Waals surface area (Å²) in [6.07, 6.45) is 0. The molecule has 84 valence electrons. The lowest BCUT2D eigenvalue weighted by Gasteiger charge is -2.16. The van der Waals surface area contributed by atoms with Crippen molar-refractivity contribution in [2.45, 2.75) is 13.0 Å². The molecule has 2 aromatic rings. The summed E-state index contributed by atoms with van der Waals surface area (Å²) in [7, 11) is 1.92. The molecule has 0 fully saturated rings. The highest BCUT2D eigenvalue weighted by molar-refractivity contribution is 7.10. The number of hydrogen-bond donors (Lipinski definition) is 1. The van der Waals surface area contributed by atoms with E-state index in [0.717, 1.165) is 5.56 Å². The summed E-state index contributed by atoms with van der Waals surface area (Å²) in [6.45, 7) is 2.11. The third-order valence-corrected chi connectivity index (χ3v) is 3.56. The standard InChI is InChI=1S/C13H14FNS/c1-9-12(7-8-16-9)13(15-2)10-3-5-11(14)6-4-10/h3-8,13,15H,1-2H3. The first-order valence-electron chi connectivity index (χ1n) is 5.19. The van der Waals surface area contributed by atoms with Crippen LogP contribution in [0, 0.1) is 12.7 Å². The Balaban J connectivity index is 2.37. The molecule has 1 heterocycles. The summed E-state index contributed by atoms with van der Waals surface area (Å²) < 4.78 is 12.9. The molecule has 0 saturated carbocycles. The van der Waals surface area contributed by atoms with E-state index in [1.807, 2.05) is 19.2 Å². The van der Waals surface area contributed by atoms with Crippen molar-refractivity contribution >= 4 is 11.3 Å². The van der Waals surface area contributed by atoms with E-state index < -0.39 is 0 Å². The van der Waals surface area contributed by atoms with Gasteiger partial charge in [-0.05, 0) is 48.7 Å². The fourth-order valence-corrected chi connectivity index (χ4v) is 2.59. The quantitative estimate of drug-likeness (QED) is 0.858. The Morgan fingerprint density at radius 1 is 1.19 bits per heavy atom. The number of thiophene rings is 1. The van der Waals surface area contributed by atoms with Crippen LogP contribution in [0.1, 0.15) is 22.0 Å². The normalized spacial score (nSPS) is 12.7. The molecule has 0 amide bonds. The Kier molecular flexibility index (Phi) is 3.36. The van der Waals surface area contributed by atoms with Crippen LogP contribution in [0.4, 0.5) is 4.39 Å². The Bertz CT molecular complexity index is 461. The minimum Gasteiger partial charge on any atom is -0.309 e. The van der Waals surface area contributed by atoms with Crippen LogP contribution in [-0.2, 0) is 0 Å². The van der Waals surface area contributed by atoms with E-state index in [9.17, 15) is 4.39 Å². The molecule has 16 heavy (non-hydrogen) atoms. The second-order valence-electron chi connectivity index (χ2n) is 3.71. The van der Waals surface area contributed by atoms with Crippen LogP contribution in [0.2, 0.25) is 0 Å². The van der Waals surface area contributed by atoms with Crippen molar-refractivity contribution in [2.24, 2.45) is 0 Å². The van der Waals surface area contributed by atoms with E-state index in [4.69, 9.17) is 0 Å². The molecule has 0 spiro atoms. The van der Waals surface area contributed by atoms with Crippen molar-refractivity contribution in [3.63, 3.8) is 0 Å². The zero-order valence-electron chi connectivity index (χ0n) is 9.33. The largest absolute Gasteiger partial charge is 0.309 e. The number of hydrogen-bond acceptors (Lipinski definition) is 2. The SMILES string of the molecule is CNC(c1ccc(F)cc1)c1ccsc1C. The van der Waals surface area contributed by atoms with E-state index in [2.05, 4.69) is 23.7 Å². The van der Waals surface area contributed by atoms with E-state index in [1.165, 1.54) is 22.6 Å². The molecule has 1 atom stereocenters. The lowest BCUT2D eigenvalue weighted by atomic mass is 10.00. The first kappa shape index (κ1) is 11.3. The topological polar surface area (TPSA) is 12.0 Å². The van der Waals surface area contributed by atoms with Crippen LogP contribution in [0.3, 0.4) is 0 Å². The highest BCUT2D eigenvalue weighted by atomic mass is 32.1. The Morgan fingerprint density at radius 2 is 1.88 bits per heavy atom. The second kappa shape index (κ2) is 4.76. The van der Waals surface area contributed by atoms with E-state index in [0.29, 0.717) is 0 Å². The number of benzene rings is 1. The van der Waals surface area contributed by atoms with Crippen LogP contribution < -0.4 is 5.32 Å². The molecule has 0 aliphatic heterocycles. The van der Waals surface area contributed by atoms with Gasteiger partial charge < -0.3 is 5.32 Å². The van der Waals surface area contributed by atoms with Gasteiger partial charge in [0.15, 0.2) is 0 Å². The van der Waals surface area contributed by atoms with Crippen molar-refractivity contribution in [2.75, 3.05) is 7.05 Å². The maximum atomic E-state index is 12.9. The van der Waals surface area contributed by atoms with Gasteiger partial charge in [-0.25, -0.2) is 4.39 Å². The lowest BCUT2D eigenvalue weighted by Crippen LogP contribution is -2.17. The fraction of sp³-hybridized carbons (Fsp3) is 0.231. The van der Waals surface area contributed by atoms with Gasteiger partial charge in [0.25, 0.3) is 0 Å². The molecule has 1 N–H and O–H groups in total. The van der Waals surface area contributed by atoms with Gasteiger partial charge >= 0.3 is 0 Å². The lowest BCUT2D eigenvalue weighted by molar-refractivity contribution is 0.623. The van der Waals surface area contributed by atoms with Crippen molar-refractivity contribution in [1.82, 2.24) is 5.32 Å². The van der Waals surface area contributed by atoms with Gasteiger partial charge in [0.1, 0.15) is 5.82 Å². The van der Waals surface area contributed by atoms with Crippen LogP contribution in [0.5, 0.6) is 0 Å². The summed E-state index contributed by atoms with van der Waals surface area (Å²) in [5.74, 6) is -0.194. The van der Waals surface area contributed by atoms with Gasteiger partial charge in [0.2, 0.25) is 0 Å². The highest BCUT2D eigenvalue weighted by Gasteiger charge is 2.14. The fourth-order valence-electron chi connectivity index (χ4n) is 1.85. The summed E-state index contributed by atoms with van der Waals surface area (Å²) in [6, 6.07) is 8.92. The molecule has 1 aromatic heterocycles. The number of nitrogens with one attached hydrogen (secondary N) is 1. The summed E-state index contributed by atoms with van der Waals surface area (Å²) in [4.78, 5) is 1.30. The smallest absolute Gasteiger partial charge is 0.123 e. The van der Waals surface area contributed by atoms with Crippen molar-refractivity contribution < 1.29 is 4.39 Å². The molecule has 3 heteroatoms. The average molecular weight is 235 g/mol. The summed E-state index contributed by atoms with van der Waals surface area (Å²) >= 11 is 1.73. The van der Waals surface area contributed by atoms with Gasteiger partial charge in [0, 0.05) is 4.88 Å². The van der Waals surface area contributed by atoms with Crippen LogP contribution in [0.15, 0.2) is 35.7 Å². The van der Waals surface area contributed by atoms with Gasteiger partial charge in [-0.3, -0.25) is 0 Å². The first-order chi connectivity index (χ1) is 7.72. The van der Waals surface area contributed by atoms with Gasteiger partial charge in [-0.2, -0.15) is 0 Å². The average Bonchev–Trinajstić information content (AvgIpc) is 2.69. The molecule has 0 radical (unpaired) electrons. The van der Waals surface area contributed by atoms with Crippen molar-refractivity contribution in [3.05, 3.63) is 57.5 Å². The van der Waals surface area contributed by atoms with Crippen LogP contribution in [0.25, 0.3) is 0 Å². The number of aryl methyl sites for hydroxylation is 1. The minimum atomic E-state index is -0.194. The molecule has 1 nitrogen and oxygen atoms in total. The molecule has 1 unspecified atom stereocenters. The third-order valence-electron chi connectivity index (χ3n) is 2.70. The number of halogens is 1. The van der Waals surface area contributed by atoms with Crippen LogP contribution >= 0.6 is 11.3 Å². The van der Waals surface area contributed by atoms with Gasteiger partial charge in [0.05, 0.1) is 6.04 Å². The minimum absolute atomic E-state index is 0.145. The molecule has 2 rings (SSSR count). The van der Waals surface area contributed by atoms with Gasteiger partial charge in [-0.1, -0.05) is 12.1 Å². The molecule has 1 aromatic carbocycles. The van der Waals surface area contributed by atoms with E-state index in [1.54, 1.807) is 11.3 Å². The van der Waals surface area contributed by atoms with E-state index >= 15 is 0 Å². The summed E-state index contributed by atoms with van der Waals surface area (Å²) in [5, 5.41) is 5.35. The predicted octanol–water partition coefficient (Wildman–Crippen LogP) is 3.50. The zero-order chi connectivity index (χ0) is 11.5. The van der Waals surface area contributed by atoms with Crippen molar-refractivity contribution in [3.8, 4) is 0 Å². The Labute approximate surface area is 98.9 Å². The third kappa shape index (κ3) is 2.15. The Hall–Kier alpha value is -1.19. The molecule has 0 saturated heterocycles. The summed E-state index contributed by atoms with van der Waals surface area (Å²) in [5.41, 5.74) is 2.35. The second-order valence-corrected chi connectivity index (χ2v) is 4.83. The molecular weight excluding hydrogens is 221 g/mol. The molecule has 0 aliphatic rings. The molecule has 0 aliphatic carbocycles. The maximum absolute atomic E-state index is 12.9. The van der Waals surface area contributed by atoms with E-state index in [-0.39, 0.29) is 11.9 Å². The van der Waals surface area contributed by atoms with Crippen molar-refractivity contribution in [1.29, 1.82) is 0 Å². The van der Waals surface area contributed by atoms with Gasteiger partial charge in [-0.15, -0.1) is 11.3 Å². The molecular formula is C13H14FNS. The highest BCUT2D eigenvalue weighted by Crippen LogP contribution is 2.27. The number of rotatable bonds is 3. The van der Waals surface area contributed by atoms with Crippen LogP contribution in [-0.4, -0.2) is 7.05 Å². The first-order valence-corrected chi connectivity index (χ1v) is 6.07. The predicted molar refractivity (Wildman–Crippen MR) is 66.4 cm³/mol. The zero-order valence-corrected chi connectivity index (χ0v) is 10.1. The monoisotopic (exact) mass is 235 g/mol. The Morgan fingerprint density at radius 3 is 2.38 bits per heavy atom.